The van der Waals surface area contributed by atoms with Crippen molar-refractivity contribution in [3.8, 4) is 34.5 Å². The van der Waals surface area contributed by atoms with Crippen LogP contribution in [0.1, 0.15) is 29.5 Å². The topological polar surface area (TPSA) is 67.4 Å². The second-order valence-electron chi connectivity index (χ2n) is 8.44. The van der Waals surface area contributed by atoms with Gasteiger partial charge >= 0.3 is 0 Å². The van der Waals surface area contributed by atoms with Crippen LogP contribution in [-0.4, -0.2) is 34.4 Å². The number of rotatable bonds is 7. The maximum absolute atomic E-state index is 6.47. The van der Waals surface area contributed by atoms with Gasteiger partial charge in [-0.05, 0) is 29.3 Å². The predicted molar refractivity (Wildman–Crippen MR) is 127 cm³/mol. The summed E-state index contributed by atoms with van der Waals surface area (Å²) in [4.78, 5) is 0. The molecule has 0 bridgehead atoms. The minimum Gasteiger partial charge on any atom is -0.493 e. The van der Waals surface area contributed by atoms with Crippen LogP contribution in [-0.2, 0) is 6.54 Å². The summed E-state index contributed by atoms with van der Waals surface area (Å²) in [7, 11) is 4.87. The Bertz CT molecular complexity index is 1140. The number of ether oxygens (including phenoxy) is 6. The summed E-state index contributed by atoms with van der Waals surface area (Å²) < 4.78 is 34.6. The molecule has 3 atom stereocenters. The van der Waals surface area contributed by atoms with Crippen LogP contribution in [0.5, 0.6) is 34.5 Å². The average molecular weight is 464 g/mol. The molecule has 0 aromatic heterocycles. The Kier molecular flexibility index (Phi) is 6.11. The molecule has 2 aliphatic rings. The molecular formula is C27H29NO6. The number of hydrogen-bond acceptors (Lipinski definition) is 7. The van der Waals surface area contributed by atoms with E-state index in [1.54, 1.807) is 21.3 Å². The van der Waals surface area contributed by atoms with Gasteiger partial charge in [-0.1, -0.05) is 37.3 Å². The first-order chi connectivity index (χ1) is 16.6. The van der Waals surface area contributed by atoms with E-state index in [0.717, 1.165) is 22.6 Å². The highest BCUT2D eigenvalue weighted by Crippen LogP contribution is 2.51. The summed E-state index contributed by atoms with van der Waals surface area (Å²) in [5, 5.41) is 3.59. The molecular weight excluding hydrogens is 434 g/mol. The highest BCUT2D eigenvalue weighted by molar-refractivity contribution is 5.60. The molecule has 3 aromatic carbocycles. The molecule has 1 unspecified atom stereocenters. The minimum absolute atomic E-state index is 0.0137. The summed E-state index contributed by atoms with van der Waals surface area (Å²) in [6.07, 6.45) is -0.225. The van der Waals surface area contributed by atoms with E-state index >= 15 is 0 Å². The Balaban J connectivity index is 1.57. The van der Waals surface area contributed by atoms with Gasteiger partial charge in [-0.25, -0.2) is 0 Å². The van der Waals surface area contributed by atoms with Crippen molar-refractivity contribution < 1.29 is 28.4 Å². The van der Waals surface area contributed by atoms with Gasteiger partial charge in [-0.15, -0.1) is 0 Å². The van der Waals surface area contributed by atoms with E-state index in [2.05, 4.69) is 24.4 Å². The van der Waals surface area contributed by atoms with Gasteiger partial charge in [0, 0.05) is 30.0 Å². The molecule has 1 N–H and O–H groups in total. The quantitative estimate of drug-likeness (QED) is 0.544. The molecule has 0 saturated heterocycles. The Morgan fingerprint density at radius 1 is 0.853 bits per heavy atom. The molecule has 34 heavy (non-hydrogen) atoms. The van der Waals surface area contributed by atoms with Gasteiger partial charge in [0.1, 0.15) is 5.75 Å². The van der Waals surface area contributed by atoms with Gasteiger partial charge in [0.05, 0.1) is 21.3 Å². The van der Waals surface area contributed by atoms with E-state index in [4.69, 9.17) is 28.4 Å². The minimum atomic E-state index is -0.225. The summed E-state index contributed by atoms with van der Waals surface area (Å²) in [5.41, 5.74) is 3.26. The lowest BCUT2D eigenvalue weighted by Gasteiger charge is -2.39. The van der Waals surface area contributed by atoms with Gasteiger partial charge in [-0.3, -0.25) is 5.32 Å². The fourth-order valence-corrected chi connectivity index (χ4v) is 4.79. The Morgan fingerprint density at radius 2 is 1.53 bits per heavy atom. The van der Waals surface area contributed by atoms with Crippen LogP contribution in [0.15, 0.2) is 54.6 Å². The first-order valence-corrected chi connectivity index (χ1v) is 11.3. The third-order valence-electron chi connectivity index (χ3n) is 6.49. The third kappa shape index (κ3) is 3.96. The molecule has 2 heterocycles. The summed E-state index contributed by atoms with van der Waals surface area (Å²) in [6, 6.07) is 18.3. The third-order valence-corrected chi connectivity index (χ3v) is 6.49. The largest absolute Gasteiger partial charge is 0.493 e. The lowest BCUT2D eigenvalue weighted by Crippen LogP contribution is -2.45. The van der Waals surface area contributed by atoms with Crippen molar-refractivity contribution >= 4 is 0 Å². The normalized spacial score (nSPS) is 20.3. The van der Waals surface area contributed by atoms with Crippen LogP contribution < -0.4 is 33.7 Å². The van der Waals surface area contributed by atoms with E-state index < -0.39 is 0 Å². The van der Waals surface area contributed by atoms with Gasteiger partial charge in [0.15, 0.2) is 29.2 Å². The zero-order chi connectivity index (χ0) is 23.7. The second-order valence-corrected chi connectivity index (χ2v) is 8.44. The lowest BCUT2D eigenvalue weighted by molar-refractivity contribution is 0.0775. The summed E-state index contributed by atoms with van der Waals surface area (Å²) >= 11 is 0. The number of fused-ring (bicyclic) bond motifs is 2. The van der Waals surface area contributed by atoms with Crippen molar-refractivity contribution in [2.24, 2.45) is 5.92 Å². The Hall–Kier alpha value is -3.58. The van der Waals surface area contributed by atoms with E-state index in [1.165, 1.54) is 5.56 Å². The van der Waals surface area contributed by atoms with Crippen molar-refractivity contribution in [3.05, 3.63) is 71.3 Å². The zero-order valence-electron chi connectivity index (χ0n) is 19.8. The smallest absolute Gasteiger partial charge is 0.231 e. The number of benzene rings is 3. The van der Waals surface area contributed by atoms with Gasteiger partial charge in [0.2, 0.25) is 12.5 Å². The molecule has 0 saturated carbocycles. The molecule has 0 aliphatic carbocycles. The molecule has 0 spiro atoms. The molecule has 0 fully saturated rings. The fraction of sp³-hybridized carbons (Fsp3) is 0.333. The van der Waals surface area contributed by atoms with E-state index in [0.29, 0.717) is 29.5 Å². The van der Waals surface area contributed by atoms with Crippen molar-refractivity contribution in [3.63, 3.8) is 0 Å². The van der Waals surface area contributed by atoms with Gasteiger partial charge < -0.3 is 28.4 Å². The molecule has 178 valence electrons. The Morgan fingerprint density at radius 3 is 2.18 bits per heavy atom. The zero-order valence-corrected chi connectivity index (χ0v) is 19.8. The second kappa shape index (κ2) is 9.35. The maximum Gasteiger partial charge on any atom is 0.231 e. The van der Waals surface area contributed by atoms with Crippen molar-refractivity contribution in [1.82, 2.24) is 5.32 Å². The van der Waals surface area contributed by atoms with Gasteiger partial charge in [0.25, 0.3) is 0 Å². The molecule has 7 nitrogen and oxygen atoms in total. The van der Waals surface area contributed by atoms with Crippen LogP contribution in [0.4, 0.5) is 0 Å². The maximum atomic E-state index is 6.47. The summed E-state index contributed by atoms with van der Waals surface area (Å²) in [5.74, 6) is 4.06. The molecule has 0 radical (unpaired) electrons. The van der Waals surface area contributed by atoms with E-state index in [9.17, 15) is 0 Å². The van der Waals surface area contributed by atoms with Crippen LogP contribution >= 0.6 is 0 Å². The van der Waals surface area contributed by atoms with Gasteiger partial charge in [-0.2, -0.15) is 0 Å². The van der Waals surface area contributed by atoms with Crippen molar-refractivity contribution in [2.45, 2.75) is 25.6 Å². The summed E-state index contributed by atoms with van der Waals surface area (Å²) in [6.45, 7) is 3.08. The lowest BCUT2D eigenvalue weighted by atomic mass is 9.78. The molecule has 2 aliphatic heterocycles. The number of hydrogen-bond donors (Lipinski definition) is 1. The first kappa shape index (κ1) is 22.2. The average Bonchev–Trinajstić information content (AvgIpc) is 3.33. The standard InChI is InChI=1S/C27H29NO6/c1-16-25(18-10-23(29-2)26(31-4)24(11-18)30-3)19-12-21-22(33-15-32-21)13-20(19)34-27(16)28-14-17-8-6-5-7-9-17/h5-13,16,25,27-28H,14-15H2,1-4H3/t16-,25+,27?/m1/s1. The van der Waals surface area contributed by atoms with E-state index in [1.807, 2.05) is 42.5 Å². The van der Waals surface area contributed by atoms with Crippen LogP contribution in [0.3, 0.4) is 0 Å². The van der Waals surface area contributed by atoms with Crippen molar-refractivity contribution in [1.29, 1.82) is 0 Å². The highest BCUT2D eigenvalue weighted by Gasteiger charge is 2.39. The van der Waals surface area contributed by atoms with Crippen LogP contribution in [0.2, 0.25) is 0 Å². The first-order valence-electron chi connectivity index (χ1n) is 11.3. The number of methoxy groups -OCH3 is 3. The molecule has 7 heteroatoms. The monoisotopic (exact) mass is 463 g/mol. The molecule has 3 aromatic rings. The number of nitrogens with one attached hydrogen (secondary N) is 1. The SMILES string of the molecule is COc1cc([C@H]2c3cc4c(cc3OC(NCc3ccccc3)[C@@H]2C)OCO4)cc(OC)c1OC. The highest BCUT2D eigenvalue weighted by atomic mass is 16.7. The van der Waals surface area contributed by atoms with Crippen molar-refractivity contribution in [2.75, 3.05) is 28.1 Å². The van der Waals surface area contributed by atoms with E-state index in [-0.39, 0.29) is 24.9 Å². The van der Waals surface area contributed by atoms with Crippen LogP contribution in [0, 0.1) is 5.92 Å². The Labute approximate surface area is 199 Å². The predicted octanol–water partition coefficient (Wildman–Crippen LogP) is 4.72. The molecule has 5 rings (SSSR count). The molecule has 0 amide bonds. The fourth-order valence-electron chi connectivity index (χ4n) is 4.79. The van der Waals surface area contributed by atoms with Crippen LogP contribution in [0.25, 0.3) is 0 Å².